The molecule has 2 aromatic heterocycles. The summed E-state index contributed by atoms with van der Waals surface area (Å²) in [6.45, 7) is 2.38. The largest absolute Gasteiger partial charge is 0.497 e. The van der Waals surface area contributed by atoms with Crippen molar-refractivity contribution in [1.82, 2.24) is 4.98 Å². The molecule has 2 aliphatic carbocycles. The molecular weight excluding hydrogens is 374 g/mol. The van der Waals surface area contributed by atoms with Crippen LogP contribution in [0, 0.1) is 5.92 Å². The van der Waals surface area contributed by atoms with E-state index in [4.69, 9.17) is 9.72 Å². The lowest BCUT2D eigenvalue weighted by atomic mass is 9.86. The highest BCUT2D eigenvalue weighted by Crippen LogP contribution is 2.48. The van der Waals surface area contributed by atoms with Crippen LogP contribution in [0.25, 0.3) is 32.6 Å². The lowest BCUT2D eigenvalue weighted by Gasteiger charge is -2.19. The molecule has 144 valence electrons. The molecule has 1 atom stereocenters. The molecule has 0 saturated carbocycles. The van der Waals surface area contributed by atoms with Gasteiger partial charge in [0.05, 0.1) is 12.8 Å². The third-order valence-corrected chi connectivity index (χ3v) is 7.71. The Morgan fingerprint density at radius 2 is 1.86 bits per heavy atom. The van der Waals surface area contributed by atoms with Gasteiger partial charge in [0, 0.05) is 22.2 Å². The highest BCUT2D eigenvalue weighted by atomic mass is 32.1. The summed E-state index contributed by atoms with van der Waals surface area (Å²) in [7, 11) is 1.73. The van der Waals surface area contributed by atoms with Crippen molar-refractivity contribution in [3.63, 3.8) is 0 Å². The molecular formula is C26H23NOS. The van der Waals surface area contributed by atoms with Gasteiger partial charge in [0.25, 0.3) is 0 Å². The van der Waals surface area contributed by atoms with Crippen LogP contribution in [-0.4, -0.2) is 12.1 Å². The van der Waals surface area contributed by atoms with Crippen LogP contribution in [0.1, 0.15) is 34.9 Å². The maximum atomic E-state index is 5.41. The van der Waals surface area contributed by atoms with Gasteiger partial charge in [0.2, 0.25) is 0 Å². The van der Waals surface area contributed by atoms with E-state index < -0.39 is 0 Å². The first-order chi connectivity index (χ1) is 14.2. The van der Waals surface area contributed by atoms with E-state index in [0.717, 1.165) is 18.1 Å². The van der Waals surface area contributed by atoms with Crippen LogP contribution in [0.3, 0.4) is 0 Å². The normalized spacial score (nSPS) is 17.1. The molecule has 0 fully saturated rings. The van der Waals surface area contributed by atoms with E-state index >= 15 is 0 Å². The Hall–Kier alpha value is -2.65. The van der Waals surface area contributed by atoms with E-state index in [2.05, 4.69) is 55.5 Å². The van der Waals surface area contributed by atoms with Gasteiger partial charge in [0.15, 0.2) is 0 Å². The van der Waals surface area contributed by atoms with Gasteiger partial charge in [0.1, 0.15) is 10.6 Å². The summed E-state index contributed by atoms with van der Waals surface area (Å²) < 4.78 is 5.41. The van der Waals surface area contributed by atoms with Crippen LogP contribution in [0.15, 0.2) is 48.5 Å². The SMILES string of the molecule is COc1ccc(-c2c3c(nc4sc5c(c24)CCC(C)C5)-c2ccccc2C3)cc1. The first-order valence-electron chi connectivity index (χ1n) is 10.4. The third kappa shape index (κ3) is 2.57. The summed E-state index contributed by atoms with van der Waals surface area (Å²) in [5.74, 6) is 1.67. The summed E-state index contributed by atoms with van der Waals surface area (Å²) >= 11 is 1.92. The number of thiophene rings is 1. The smallest absolute Gasteiger partial charge is 0.125 e. The second-order valence-corrected chi connectivity index (χ2v) is 9.49. The highest BCUT2D eigenvalue weighted by Gasteiger charge is 2.29. The summed E-state index contributed by atoms with van der Waals surface area (Å²) in [5, 5.41) is 1.41. The molecule has 0 spiro atoms. The molecule has 6 rings (SSSR count). The van der Waals surface area contributed by atoms with E-state index in [1.54, 1.807) is 17.6 Å². The topological polar surface area (TPSA) is 22.1 Å². The first-order valence-corrected chi connectivity index (χ1v) is 11.2. The van der Waals surface area contributed by atoms with Gasteiger partial charge in [-0.3, -0.25) is 0 Å². The molecule has 3 heteroatoms. The van der Waals surface area contributed by atoms with Gasteiger partial charge in [-0.2, -0.15) is 0 Å². The molecule has 2 nitrogen and oxygen atoms in total. The number of hydrogen-bond acceptors (Lipinski definition) is 3. The fourth-order valence-corrected chi connectivity index (χ4v) is 6.47. The van der Waals surface area contributed by atoms with Crippen molar-refractivity contribution < 1.29 is 4.74 Å². The number of hydrogen-bond donors (Lipinski definition) is 0. The molecule has 29 heavy (non-hydrogen) atoms. The van der Waals surface area contributed by atoms with Crippen molar-refractivity contribution in [2.24, 2.45) is 5.92 Å². The lowest BCUT2D eigenvalue weighted by molar-refractivity contribution is 0.415. The van der Waals surface area contributed by atoms with Crippen molar-refractivity contribution in [1.29, 1.82) is 0 Å². The van der Waals surface area contributed by atoms with E-state index in [0.29, 0.717) is 0 Å². The van der Waals surface area contributed by atoms with E-state index in [1.807, 2.05) is 11.3 Å². The molecule has 2 aliphatic rings. The second-order valence-electron chi connectivity index (χ2n) is 8.41. The number of nitrogens with zero attached hydrogens (tertiary/aromatic N) is 1. The number of rotatable bonds is 2. The van der Waals surface area contributed by atoms with E-state index in [9.17, 15) is 0 Å². The van der Waals surface area contributed by atoms with Crippen molar-refractivity contribution >= 4 is 21.6 Å². The van der Waals surface area contributed by atoms with Gasteiger partial charge < -0.3 is 4.74 Å². The second kappa shape index (κ2) is 6.43. The van der Waals surface area contributed by atoms with Crippen LogP contribution in [0.4, 0.5) is 0 Å². The van der Waals surface area contributed by atoms with Crippen molar-refractivity contribution in [2.45, 2.75) is 32.6 Å². The molecule has 0 amide bonds. The lowest BCUT2D eigenvalue weighted by Crippen LogP contribution is -2.08. The Kier molecular flexibility index (Phi) is 3.82. The summed E-state index contributed by atoms with van der Waals surface area (Å²) in [5.41, 5.74) is 9.51. The Balaban J connectivity index is 1.68. The predicted octanol–water partition coefficient (Wildman–Crippen LogP) is 6.67. The fourth-order valence-electron chi connectivity index (χ4n) is 5.08. The molecule has 2 aromatic carbocycles. The monoisotopic (exact) mass is 397 g/mol. The number of methoxy groups -OCH3 is 1. The van der Waals surface area contributed by atoms with Crippen LogP contribution in [0.5, 0.6) is 5.75 Å². The number of aromatic nitrogens is 1. The van der Waals surface area contributed by atoms with Crippen LogP contribution >= 0.6 is 11.3 Å². The number of benzene rings is 2. The van der Waals surface area contributed by atoms with Crippen molar-refractivity contribution in [2.75, 3.05) is 7.11 Å². The molecule has 0 bridgehead atoms. The van der Waals surface area contributed by atoms with Gasteiger partial charge in [-0.15, -0.1) is 11.3 Å². The average Bonchev–Trinajstić information content (AvgIpc) is 3.29. The number of aryl methyl sites for hydroxylation is 1. The predicted molar refractivity (Wildman–Crippen MR) is 121 cm³/mol. The minimum atomic E-state index is 0.771. The number of ether oxygens (including phenoxy) is 1. The molecule has 0 saturated heterocycles. The Morgan fingerprint density at radius 3 is 2.69 bits per heavy atom. The zero-order chi connectivity index (χ0) is 19.5. The van der Waals surface area contributed by atoms with Crippen molar-refractivity contribution in [3.05, 3.63) is 70.1 Å². The Bertz CT molecular complexity index is 1250. The number of fused-ring (bicyclic) bond motifs is 6. The molecule has 0 N–H and O–H groups in total. The van der Waals surface area contributed by atoms with Crippen molar-refractivity contribution in [3.8, 4) is 28.1 Å². The van der Waals surface area contributed by atoms with Crippen LogP contribution in [-0.2, 0) is 19.3 Å². The van der Waals surface area contributed by atoms with Gasteiger partial charge >= 0.3 is 0 Å². The highest BCUT2D eigenvalue weighted by molar-refractivity contribution is 7.19. The minimum absolute atomic E-state index is 0.771. The van der Waals surface area contributed by atoms with Crippen LogP contribution < -0.4 is 4.74 Å². The first kappa shape index (κ1) is 17.2. The molecule has 4 aromatic rings. The zero-order valence-electron chi connectivity index (χ0n) is 16.8. The summed E-state index contributed by atoms with van der Waals surface area (Å²) in [6.07, 6.45) is 4.61. The van der Waals surface area contributed by atoms with Gasteiger partial charge in [-0.1, -0.05) is 43.3 Å². The summed E-state index contributed by atoms with van der Waals surface area (Å²) in [6, 6.07) is 17.3. The van der Waals surface area contributed by atoms with Gasteiger partial charge in [-0.05, 0) is 65.1 Å². The zero-order valence-corrected chi connectivity index (χ0v) is 17.6. The van der Waals surface area contributed by atoms with Gasteiger partial charge in [-0.25, -0.2) is 4.98 Å². The molecule has 2 heterocycles. The Morgan fingerprint density at radius 1 is 1.03 bits per heavy atom. The minimum Gasteiger partial charge on any atom is -0.497 e. The number of pyridine rings is 1. The quantitative estimate of drug-likeness (QED) is 0.332. The standard InChI is InChI=1S/C26H23NOS/c1-15-7-12-20-22(13-15)29-26-24(20)23(16-8-10-18(28-2)11-9-16)21-14-17-5-3-4-6-19(17)25(21)27-26/h3-6,8-11,15H,7,12-14H2,1-2H3. The average molecular weight is 398 g/mol. The van der Waals surface area contributed by atoms with Crippen LogP contribution in [0.2, 0.25) is 0 Å². The maximum absolute atomic E-state index is 5.41. The Labute approximate surface area is 175 Å². The van der Waals surface area contributed by atoms with E-state index in [-0.39, 0.29) is 0 Å². The summed E-state index contributed by atoms with van der Waals surface area (Å²) in [4.78, 5) is 8.01. The fraction of sp³-hybridized carbons (Fsp3) is 0.269. The molecule has 1 unspecified atom stereocenters. The molecule has 0 aliphatic heterocycles. The maximum Gasteiger partial charge on any atom is 0.125 e. The molecule has 0 radical (unpaired) electrons. The third-order valence-electron chi connectivity index (χ3n) is 6.56. The van der Waals surface area contributed by atoms with E-state index in [1.165, 1.54) is 63.0 Å².